The zero-order valence-corrected chi connectivity index (χ0v) is 16.1. The minimum Gasteiger partial charge on any atom is -0.346 e. The first-order valence-electron chi connectivity index (χ1n) is 9.31. The van der Waals surface area contributed by atoms with Crippen molar-refractivity contribution in [3.05, 3.63) is 41.2 Å². The number of fused-ring (bicyclic) bond motifs is 1. The number of pyridine rings is 1. The molecule has 7 heteroatoms. The third-order valence-electron chi connectivity index (χ3n) is 4.75. The second-order valence-electron chi connectivity index (χ2n) is 7.31. The van der Waals surface area contributed by atoms with Gasteiger partial charge in [0, 0.05) is 44.2 Å². The van der Waals surface area contributed by atoms with Crippen molar-refractivity contribution >= 4 is 5.91 Å². The summed E-state index contributed by atoms with van der Waals surface area (Å²) >= 11 is 0. The Bertz CT molecular complexity index is 769. The highest BCUT2D eigenvalue weighted by Gasteiger charge is 2.23. The van der Waals surface area contributed by atoms with Crippen LogP contribution in [0.1, 0.15) is 49.8 Å². The molecule has 0 aliphatic carbocycles. The molecule has 1 aliphatic rings. The van der Waals surface area contributed by atoms with Crippen molar-refractivity contribution in [3.8, 4) is 0 Å². The number of nitrogens with one attached hydrogen (secondary N) is 1. The first-order valence-corrected chi connectivity index (χ1v) is 9.31. The molecule has 0 spiro atoms. The summed E-state index contributed by atoms with van der Waals surface area (Å²) in [6, 6.07) is 6.01. The van der Waals surface area contributed by atoms with Gasteiger partial charge >= 0.3 is 0 Å². The van der Waals surface area contributed by atoms with Crippen molar-refractivity contribution in [1.82, 2.24) is 30.0 Å². The lowest BCUT2D eigenvalue weighted by Crippen LogP contribution is -2.32. The Labute approximate surface area is 154 Å². The molecule has 140 valence electrons. The fraction of sp³-hybridized carbons (Fsp3) is 0.579. The molecule has 0 saturated heterocycles. The summed E-state index contributed by atoms with van der Waals surface area (Å²) in [4.78, 5) is 19.0. The number of hydrogen-bond acceptors (Lipinski definition) is 5. The number of aryl methyl sites for hydroxylation is 1. The lowest BCUT2D eigenvalue weighted by molar-refractivity contribution is -0.124. The van der Waals surface area contributed by atoms with E-state index in [0.717, 1.165) is 55.6 Å². The summed E-state index contributed by atoms with van der Waals surface area (Å²) < 4.78 is 2.16. The van der Waals surface area contributed by atoms with Gasteiger partial charge in [-0.2, -0.15) is 0 Å². The van der Waals surface area contributed by atoms with Crippen molar-refractivity contribution in [3.63, 3.8) is 0 Å². The van der Waals surface area contributed by atoms with E-state index in [9.17, 15) is 4.79 Å². The van der Waals surface area contributed by atoms with Crippen LogP contribution < -0.4 is 5.32 Å². The first-order chi connectivity index (χ1) is 12.4. The van der Waals surface area contributed by atoms with Crippen molar-refractivity contribution in [2.75, 3.05) is 13.1 Å². The number of amides is 1. The Morgan fingerprint density at radius 2 is 2.00 bits per heavy atom. The lowest BCUT2D eigenvalue weighted by atomic mass is 10.2. The van der Waals surface area contributed by atoms with E-state index in [0.29, 0.717) is 0 Å². The number of carbonyl (C=O) groups excluding carboxylic acids is 1. The molecule has 7 nitrogen and oxygen atoms in total. The van der Waals surface area contributed by atoms with Gasteiger partial charge in [0.05, 0.1) is 11.7 Å². The van der Waals surface area contributed by atoms with Crippen molar-refractivity contribution in [2.24, 2.45) is 5.92 Å². The number of rotatable bonds is 5. The van der Waals surface area contributed by atoms with Gasteiger partial charge in [0.1, 0.15) is 5.82 Å². The van der Waals surface area contributed by atoms with E-state index in [-0.39, 0.29) is 17.9 Å². The van der Waals surface area contributed by atoms with Crippen LogP contribution in [-0.4, -0.2) is 43.6 Å². The summed E-state index contributed by atoms with van der Waals surface area (Å²) in [6.45, 7) is 11.3. The monoisotopic (exact) mass is 356 g/mol. The van der Waals surface area contributed by atoms with E-state index in [4.69, 9.17) is 0 Å². The normalized spacial score (nSPS) is 16.2. The molecule has 3 heterocycles. The van der Waals surface area contributed by atoms with Gasteiger partial charge in [0.2, 0.25) is 5.91 Å². The standard InChI is InChI=1S/C19H28N6O/c1-13(2)19(26)21-15(4)18-23-22-17-8-9-24(10-11-25(17)18)12-16-7-5-6-14(3)20-16/h5-7,13,15H,8-12H2,1-4H3,(H,21,26)/t15-/m0/s1. The Morgan fingerprint density at radius 1 is 1.19 bits per heavy atom. The van der Waals surface area contributed by atoms with E-state index in [1.165, 1.54) is 0 Å². The topological polar surface area (TPSA) is 75.9 Å². The maximum absolute atomic E-state index is 12.0. The molecule has 1 aliphatic heterocycles. The third-order valence-corrected chi connectivity index (χ3v) is 4.75. The van der Waals surface area contributed by atoms with Gasteiger partial charge in [-0.1, -0.05) is 19.9 Å². The van der Waals surface area contributed by atoms with Crippen LogP contribution in [0.15, 0.2) is 18.2 Å². The van der Waals surface area contributed by atoms with E-state index >= 15 is 0 Å². The second-order valence-corrected chi connectivity index (χ2v) is 7.31. The molecule has 1 N–H and O–H groups in total. The molecule has 2 aromatic heterocycles. The molecule has 0 bridgehead atoms. The molecular formula is C19H28N6O. The molecule has 3 rings (SSSR count). The number of nitrogens with zero attached hydrogens (tertiary/aromatic N) is 5. The number of carbonyl (C=O) groups is 1. The van der Waals surface area contributed by atoms with Crippen LogP contribution in [0.3, 0.4) is 0 Å². The summed E-state index contributed by atoms with van der Waals surface area (Å²) in [5.74, 6) is 1.83. The molecule has 0 radical (unpaired) electrons. The molecule has 26 heavy (non-hydrogen) atoms. The molecule has 0 unspecified atom stereocenters. The van der Waals surface area contributed by atoms with E-state index in [1.807, 2.05) is 33.8 Å². The lowest BCUT2D eigenvalue weighted by Gasteiger charge is -2.20. The van der Waals surface area contributed by atoms with E-state index < -0.39 is 0 Å². The van der Waals surface area contributed by atoms with Crippen LogP contribution in [-0.2, 0) is 24.3 Å². The number of aromatic nitrogens is 4. The van der Waals surface area contributed by atoms with Crippen molar-refractivity contribution < 1.29 is 4.79 Å². The minimum absolute atomic E-state index is 0.0376. The van der Waals surface area contributed by atoms with Crippen LogP contribution in [0.25, 0.3) is 0 Å². The third kappa shape index (κ3) is 4.27. The Balaban J connectivity index is 1.67. The average Bonchev–Trinajstić information content (AvgIpc) is 2.90. The van der Waals surface area contributed by atoms with Gasteiger partial charge in [0.25, 0.3) is 0 Å². The summed E-state index contributed by atoms with van der Waals surface area (Å²) in [5.41, 5.74) is 2.15. The molecule has 0 aromatic carbocycles. The van der Waals surface area contributed by atoms with Gasteiger partial charge < -0.3 is 9.88 Å². The molecule has 1 atom stereocenters. The fourth-order valence-electron chi connectivity index (χ4n) is 3.23. The molecule has 1 amide bonds. The Morgan fingerprint density at radius 3 is 2.73 bits per heavy atom. The van der Waals surface area contributed by atoms with Crippen LogP contribution in [0.2, 0.25) is 0 Å². The quantitative estimate of drug-likeness (QED) is 0.885. The fourth-order valence-corrected chi connectivity index (χ4v) is 3.23. The Hall–Kier alpha value is -2.28. The van der Waals surface area contributed by atoms with Crippen molar-refractivity contribution in [2.45, 2.75) is 53.2 Å². The van der Waals surface area contributed by atoms with Gasteiger partial charge in [-0.15, -0.1) is 10.2 Å². The van der Waals surface area contributed by atoms with Crippen LogP contribution >= 0.6 is 0 Å². The maximum Gasteiger partial charge on any atom is 0.223 e. The zero-order valence-electron chi connectivity index (χ0n) is 16.1. The van der Waals surface area contributed by atoms with Crippen LogP contribution in [0.5, 0.6) is 0 Å². The first kappa shape index (κ1) is 18.5. The largest absolute Gasteiger partial charge is 0.346 e. The number of hydrogen-bond donors (Lipinski definition) is 1. The highest BCUT2D eigenvalue weighted by atomic mass is 16.1. The summed E-state index contributed by atoms with van der Waals surface area (Å²) in [5, 5.41) is 11.7. The maximum atomic E-state index is 12.0. The van der Waals surface area contributed by atoms with Gasteiger partial charge in [-0.05, 0) is 26.0 Å². The molecule has 0 saturated carbocycles. The average molecular weight is 356 g/mol. The highest BCUT2D eigenvalue weighted by Crippen LogP contribution is 2.17. The van der Waals surface area contributed by atoms with Crippen LogP contribution in [0, 0.1) is 12.8 Å². The second kappa shape index (κ2) is 7.95. The van der Waals surface area contributed by atoms with E-state index in [1.54, 1.807) is 0 Å². The predicted octanol–water partition coefficient (Wildman–Crippen LogP) is 1.87. The van der Waals surface area contributed by atoms with Gasteiger partial charge in [-0.25, -0.2) is 0 Å². The summed E-state index contributed by atoms with van der Waals surface area (Å²) in [7, 11) is 0. The molecule has 2 aromatic rings. The Kier molecular flexibility index (Phi) is 5.66. The molecule has 0 fully saturated rings. The molecular weight excluding hydrogens is 328 g/mol. The predicted molar refractivity (Wildman–Crippen MR) is 99.4 cm³/mol. The van der Waals surface area contributed by atoms with E-state index in [2.05, 4.69) is 42.1 Å². The van der Waals surface area contributed by atoms with Gasteiger partial charge in [-0.3, -0.25) is 14.7 Å². The minimum atomic E-state index is -0.142. The van der Waals surface area contributed by atoms with Gasteiger partial charge in [0.15, 0.2) is 5.82 Å². The zero-order chi connectivity index (χ0) is 18.7. The smallest absolute Gasteiger partial charge is 0.223 e. The van der Waals surface area contributed by atoms with Crippen LogP contribution in [0.4, 0.5) is 0 Å². The SMILES string of the molecule is Cc1cccc(CN2CCc3nnc([C@H](C)NC(=O)C(C)C)n3CC2)n1. The summed E-state index contributed by atoms with van der Waals surface area (Å²) in [6.07, 6.45) is 0.851. The highest BCUT2D eigenvalue weighted by molar-refractivity contribution is 5.78. The van der Waals surface area contributed by atoms with Crippen molar-refractivity contribution in [1.29, 1.82) is 0 Å².